The summed E-state index contributed by atoms with van der Waals surface area (Å²) in [6, 6.07) is 0. The lowest BCUT2D eigenvalue weighted by Crippen LogP contribution is -2.46. The quantitative estimate of drug-likeness (QED) is 0.528. The Bertz CT molecular complexity index is 528. The molecular formula is C22H42N6O2. The lowest BCUT2D eigenvalue weighted by Gasteiger charge is -2.27. The third-order valence-electron chi connectivity index (χ3n) is 5.99. The highest BCUT2D eigenvalue weighted by Crippen LogP contribution is 2.17. The van der Waals surface area contributed by atoms with E-state index < -0.39 is 11.1 Å². The minimum atomic E-state index is -1.01. The summed E-state index contributed by atoms with van der Waals surface area (Å²) in [6.45, 7) is 14.3. The lowest BCUT2D eigenvalue weighted by molar-refractivity contribution is -0.127. The summed E-state index contributed by atoms with van der Waals surface area (Å²) < 4.78 is 0. The van der Waals surface area contributed by atoms with Crippen molar-refractivity contribution in [3.05, 3.63) is 0 Å². The van der Waals surface area contributed by atoms with Gasteiger partial charge in [0.05, 0.1) is 0 Å². The smallest absolute Gasteiger partial charge is 0.249 e. The van der Waals surface area contributed by atoms with Crippen molar-refractivity contribution in [3.63, 3.8) is 0 Å². The van der Waals surface area contributed by atoms with Crippen LogP contribution in [0.4, 0.5) is 0 Å². The van der Waals surface area contributed by atoms with Gasteiger partial charge in [-0.25, -0.2) is 0 Å². The fourth-order valence-electron chi connectivity index (χ4n) is 3.79. The fourth-order valence-corrected chi connectivity index (χ4v) is 3.79. The average Bonchev–Trinajstić information content (AvgIpc) is 2.74. The molecule has 2 heterocycles. The van der Waals surface area contributed by atoms with Crippen molar-refractivity contribution in [1.82, 2.24) is 20.4 Å². The van der Waals surface area contributed by atoms with Crippen molar-refractivity contribution in [2.75, 3.05) is 52.4 Å². The molecule has 0 atom stereocenters. The number of azo groups is 1. The maximum atomic E-state index is 12.6. The largest absolute Gasteiger partial charge is 0.353 e. The highest BCUT2D eigenvalue weighted by atomic mass is 16.2. The number of hydrogen-bond acceptors (Lipinski definition) is 6. The summed E-state index contributed by atoms with van der Waals surface area (Å²) in [5.41, 5.74) is -2.01. The summed E-state index contributed by atoms with van der Waals surface area (Å²) >= 11 is 0. The molecule has 0 saturated carbocycles. The van der Waals surface area contributed by atoms with Crippen molar-refractivity contribution in [2.45, 2.75) is 77.3 Å². The molecule has 0 aromatic rings. The number of nitrogens with one attached hydrogen (secondary N) is 2. The predicted octanol–water partition coefficient (Wildman–Crippen LogP) is 2.20. The third kappa shape index (κ3) is 8.30. The van der Waals surface area contributed by atoms with E-state index >= 15 is 0 Å². The molecule has 8 nitrogen and oxygen atoms in total. The molecule has 2 aliphatic heterocycles. The second-order valence-corrected chi connectivity index (χ2v) is 9.63. The van der Waals surface area contributed by atoms with Gasteiger partial charge in [-0.2, -0.15) is 10.2 Å². The van der Waals surface area contributed by atoms with E-state index in [0.29, 0.717) is 13.1 Å². The Kier molecular flexibility index (Phi) is 9.68. The second kappa shape index (κ2) is 11.7. The molecule has 2 amide bonds. The van der Waals surface area contributed by atoms with E-state index in [1.54, 1.807) is 27.7 Å². The Hall–Kier alpha value is -1.54. The molecule has 0 aliphatic carbocycles. The van der Waals surface area contributed by atoms with Gasteiger partial charge in [0.15, 0.2) is 11.1 Å². The van der Waals surface area contributed by atoms with Gasteiger partial charge < -0.3 is 20.4 Å². The van der Waals surface area contributed by atoms with Crippen LogP contribution in [0.25, 0.3) is 0 Å². The van der Waals surface area contributed by atoms with E-state index in [4.69, 9.17) is 0 Å². The van der Waals surface area contributed by atoms with Gasteiger partial charge in [0.1, 0.15) is 0 Å². The van der Waals surface area contributed by atoms with Crippen molar-refractivity contribution in [3.8, 4) is 0 Å². The Balaban J connectivity index is 1.73. The maximum Gasteiger partial charge on any atom is 0.249 e. The molecule has 8 heteroatoms. The Morgan fingerprint density at radius 3 is 1.33 bits per heavy atom. The van der Waals surface area contributed by atoms with E-state index in [0.717, 1.165) is 39.3 Å². The number of piperidine rings is 2. The first-order valence-electron chi connectivity index (χ1n) is 11.7. The highest BCUT2D eigenvalue weighted by Gasteiger charge is 2.32. The van der Waals surface area contributed by atoms with Crippen molar-refractivity contribution in [2.24, 2.45) is 10.2 Å². The summed E-state index contributed by atoms with van der Waals surface area (Å²) in [4.78, 5) is 29.9. The zero-order chi connectivity index (χ0) is 22.0. The van der Waals surface area contributed by atoms with E-state index in [2.05, 4.69) is 30.7 Å². The first-order valence-corrected chi connectivity index (χ1v) is 11.7. The number of rotatable bonds is 10. The van der Waals surface area contributed by atoms with Crippen LogP contribution in [0.3, 0.4) is 0 Å². The zero-order valence-corrected chi connectivity index (χ0v) is 19.5. The molecular weight excluding hydrogens is 380 g/mol. The van der Waals surface area contributed by atoms with Gasteiger partial charge >= 0.3 is 0 Å². The normalized spacial score (nSPS) is 19.7. The molecule has 0 spiro atoms. The zero-order valence-electron chi connectivity index (χ0n) is 19.5. The van der Waals surface area contributed by atoms with Gasteiger partial charge in [-0.3, -0.25) is 9.59 Å². The third-order valence-corrected chi connectivity index (χ3v) is 5.99. The topological polar surface area (TPSA) is 89.4 Å². The van der Waals surface area contributed by atoms with E-state index in [9.17, 15) is 9.59 Å². The van der Waals surface area contributed by atoms with E-state index in [1.807, 2.05) is 0 Å². The van der Waals surface area contributed by atoms with Gasteiger partial charge in [0, 0.05) is 26.2 Å². The molecule has 0 unspecified atom stereocenters. The van der Waals surface area contributed by atoms with Gasteiger partial charge in [-0.05, 0) is 79.6 Å². The second-order valence-electron chi connectivity index (χ2n) is 9.63. The highest BCUT2D eigenvalue weighted by molar-refractivity contribution is 5.86. The standard InChI is InChI=1S/C22H42N6O2/c1-21(2,19(29)23-11-17-27-13-7-5-8-14-27)25-26-22(3,4)20(30)24-12-18-28-15-9-6-10-16-28/h5-18H2,1-4H3,(H,23,29)(H,24,30). The number of hydrogen-bond donors (Lipinski definition) is 2. The van der Waals surface area contributed by atoms with Crippen LogP contribution >= 0.6 is 0 Å². The van der Waals surface area contributed by atoms with Crippen molar-refractivity contribution in [1.29, 1.82) is 0 Å². The van der Waals surface area contributed by atoms with Gasteiger partial charge in [-0.15, -0.1) is 0 Å². The van der Waals surface area contributed by atoms with E-state index in [-0.39, 0.29) is 11.8 Å². The van der Waals surface area contributed by atoms with E-state index in [1.165, 1.54) is 38.5 Å². The lowest BCUT2D eigenvalue weighted by atomic mass is 10.0. The number of nitrogens with zero attached hydrogens (tertiary/aromatic N) is 4. The first kappa shape index (κ1) is 24.7. The van der Waals surface area contributed by atoms with Gasteiger partial charge in [0.25, 0.3) is 0 Å². The fraction of sp³-hybridized carbons (Fsp3) is 0.909. The monoisotopic (exact) mass is 422 g/mol. The summed E-state index contributed by atoms with van der Waals surface area (Å²) in [6.07, 6.45) is 7.56. The van der Waals surface area contributed by atoms with Crippen LogP contribution in [0.5, 0.6) is 0 Å². The van der Waals surface area contributed by atoms with Crippen LogP contribution in [0.15, 0.2) is 10.2 Å². The molecule has 2 rings (SSSR count). The molecule has 2 aliphatic rings. The summed E-state index contributed by atoms with van der Waals surface area (Å²) in [5, 5.41) is 14.4. The molecule has 30 heavy (non-hydrogen) atoms. The number of carbonyl (C=O) groups is 2. The minimum Gasteiger partial charge on any atom is -0.353 e. The predicted molar refractivity (Wildman–Crippen MR) is 120 cm³/mol. The Morgan fingerprint density at radius 1 is 0.667 bits per heavy atom. The van der Waals surface area contributed by atoms with Crippen LogP contribution in [-0.4, -0.2) is 85.1 Å². The number of likely N-dealkylation sites (tertiary alicyclic amines) is 2. The number of carbonyl (C=O) groups excluding carboxylic acids is 2. The van der Waals surface area contributed by atoms with Crippen LogP contribution in [0, 0.1) is 0 Å². The Labute approximate surface area is 182 Å². The SMILES string of the molecule is CC(C)(N=NC(C)(C)C(=O)NCCN1CCCCC1)C(=O)NCCN1CCCCC1. The van der Waals surface area contributed by atoms with Crippen LogP contribution in [0.2, 0.25) is 0 Å². The number of amides is 2. The van der Waals surface area contributed by atoms with Crippen LogP contribution in [-0.2, 0) is 9.59 Å². The summed E-state index contributed by atoms with van der Waals surface area (Å²) in [7, 11) is 0. The Morgan fingerprint density at radius 2 is 1.00 bits per heavy atom. The van der Waals surface area contributed by atoms with Crippen molar-refractivity contribution < 1.29 is 9.59 Å². The maximum absolute atomic E-state index is 12.6. The van der Waals surface area contributed by atoms with Crippen LogP contribution < -0.4 is 10.6 Å². The molecule has 0 aromatic carbocycles. The molecule has 172 valence electrons. The average molecular weight is 423 g/mol. The molecule has 2 saturated heterocycles. The summed E-state index contributed by atoms with van der Waals surface area (Å²) in [5.74, 6) is -0.325. The molecule has 2 N–H and O–H groups in total. The van der Waals surface area contributed by atoms with Crippen molar-refractivity contribution >= 4 is 11.8 Å². The molecule has 2 fully saturated rings. The minimum absolute atomic E-state index is 0.162. The van der Waals surface area contributed by atoms with Crippen LogP contribution in [0.1, 0.15) is 66.2 Å². The van der Waals surface area contributed by atoms with Gasteiger partial charge in [-0.1, -0.05) is 12.8 Å². The molecule has 0 radical (unpaired) electrons. The molecule has 0 bridgehead atoms. The first-order chi connectivity index (χ1) is 14.2. The van der Waals surface area contributed by atoms with Gasteiger partial charge in [0.2, 0.25) is 11.8 Å². The molecule has 0 aromatic heterocycles.